The minimum atomic E-state index is -0.644. The van der Waals surface area contributed by atoms with E-state index in [1.807, 2.05) is 44.2 Å². The molecule has 1 aliphatic rings. The number of nitrogens with zero attached hydrogens (tertiary/aromatic N) is 1. The van der Waals surface area contributed by atoms with Gasteiger partial charge in [0.1, 0.15) is 5.57 Å². The number of methoxy groups -OCH3 is 1. The first-order valence-corrected chi connectivity index (χ1v) is 8.90. The molecule has 0 spiro atoms. The van der Waals surface area contributed by atoms with Gasteiger partial charge < -0.3 is 9.64 Å². The first-order valence-electron chi connectivity index (χ1n) is 8.52. The summed E-state index contributed by atoms with van der Waals surface area (Å²) in [6.45, 7) is 5.73. The van der Waals surface area contributed by atoms with Crippen LogP contribution in [-0.4, -0.2) is 18.9 Å². The zero-order valence-electron chi connectivity index (χ0n) is 15.7. The van der Waals surface area contributed by atoms with Crippen LogP contribution in [0.25, 0.3) is 6.08 Å². The Morgan fingerprint density at radius 1 is 1.07 bits per heavy atom. The Balaban J connectivity index is 2.23. The molecule has 4 nitrogen and oxygen atoms in total. The highest BCUT2D eigenvalue weighted by Gasteiger charge is 2.38. The summed E-state index contributed by atoms with van der Waals surface area (Å²) in [5.41, 5.74) is 4.59. The molecule has 0 bridgehead atoms. The molecule has 5 heteroatoms. The van der Waals surface area contributed by atoms with Crippen LogP contribution in [0.1, 0.15) is 23.6 Å². The van der Waals surface area contributed by atoms with E-state index in [2.05, 4.69) is 6.07 Å². The molecule has 1 heterocycles. The van der Waals surface area contributed by atoms with E-state index in [4.69, 9.17) is 16.3 Å². The first-order chi connectivity index (χ1) is 12.8. The first kappa shape index (κ1) is 18.9. The van der Waals surface area contributed by atoms with Crippen LogP contribution in [0.2, 0.25) is 5.02 Å². The van der Waals surface area contributed by atoms with Crippen LogP contribution >= 0.6 is 11.6 Å². The molecule has 1 aliphatic heterocycles. The maximum atomic E-state index is 13.1. The predicted molar refractivity (Wildman–Crippen MR) is 108 cm³/mol. The Bertz CT molecular complexity index is 984. The van der Waals surface area contributed by atoms with Gasteiger partial charge in [-0.15, -0.1) is 0 Å². The molecule has 2 aromatic carbocycles. The lowest BCUT2D eigenvalue weighted by molar-refractivity contribution is -0.137. The Kier molecular flexibility index (Phi) is 5.19. The maximum Gasteiger partial charge on any atom is 0.343 e. The number of ketones is 1. The number of hydrogen-bond acceptors (Lipinski definition) is 4. The van der Waals surface area contributed by atoms with Gasteiger partial charge in [0.05, 0.1) is 12.8 Å². The minimum absolute atomic E-state index is 0.0370. The number of ether oxygens (including phenoxy) is 1. The van der Waals surface area contributed by atoms with E-state index in [0.29, 0.717) is 22.0 Å². The normalized spacial score (nSPS) is 15.7. The van der Waals surface area contributed by atoms with E-state index < -0.39 is 5.97 Å². The third-order valence-electron chi connectivity index (χ3n) is 4.45. The van der Waals surface area contributed by atoms with Crippen LogP contribution in [-0.2, 0) is 14.3 Å². The number of esters is 1. The van der Waals surface area contributed by atoms with Gasteiger partial charge in [-0.3, -0.25) is 4.79 Å². The predicted octanol–water partition coefficient (Wildman–Crippen LogP) is 4.83. The molecule has 0 aromatic heterocycles. The Hall–Kier alpha value is -2.85. The van der Waals surface area contributed by atoms with Crippen LogP contribution in [0.4, 0.5) is 5.69 Å². The highest BCUT2D eigenvalue weighted by atomic mass is 35.5. The smallest absolute Gasteiger partial charge is 0.343 e. The molecular formula is C22H20ClNO3. The number of anilines is 1. The van der Waals surface area contributed by atoms with Crippen molar-refractivity contribution in [3.8, 4) is 0 Å². The number of rotatable bonds is 3. The van der Waals surface area contributed by atoms with Crippen LogP contribution < -0.4 is 4.90 Å². The van der Waals surface area contributed by atoms with Crippen LogP contribution in [0.15, 0.2) is 59.4 Å². The molecular weight excluding hydrogens is 362 g/mol. The molecule has 2 aromatic rings. The lowest BCUT2D eigenvalue weighted by Crippen LogP contribution is -2.18. The van der Waals surface area contributed by atoms with Crippen molar-refractivity contribution >= 4 is 35.1 Å². The van der Waals surface area contributed by atoms with Gasteiger partial charge in [0.25, 0.3) is 0 Å². The van der Waals surface area contributed by atoms with Gasteiger partial charge in [-0.25, -0.2) is 4.79 Å². The molecule has 0 atom stereocenters. The molecule has 0 radical (unpaired) electrons. The summed E-state index contributed by atoms with van der Waals surface area (Å²) >= 11 is 6.28. The number of hydrogen-bond donors (Lipinski definition) is 0. The number of carbonyl (C=O) groups is 2. The van der Waals surface area contributed by atoms with Crippen LogP contribution in [0.5, 0.6) is 0 Å². The zero-order chi connectivity index (χ0) is 19.7. The number of allylic oxidation sites excluding steroid dienone is 2. The summed E-state index contributed by atoms with van der Waals surface area (Å²) in [6.07, 6.45) is 1.71. The number of halogens is 1. The summed E-state index contributed by atoms with van der Waals surface area (Å²) in [5, 5.41) is 0.530. The SMILES string of the molecule is COC(=O)C1=C(C)N(c2cc(C)cc(C)c2)/C(=C/c2ccccc2Cl)C1=O. The van der Waals surface area contributed by atoms with Gasteiger partial charge in [0, 0.05) is 16.4 Å². The summed E-state index contributed by atoms with van der Waals surface area (Å²) in [4.78, 5) is 27.1. The third kappa shape index (κ3) is 3.53. The van der Waals surface area contributed by atoms with Crippen molar-refractivity contribution in [1.29, 1.82) is 0 Å². The topological polar surface area (TPSA) is 46.6 Å². The summed E-state index contributed by atoms with van der Waals surface area (Å²) in [5.74, 6) is -1.02. The summed E-state index contributed by atoms with van der Waals surface area (Å²) in [7, 11) is 1.27. The standard InChI is InChI=1S/C22H20ClNO3/c1-13-9-14(2)11-17(10-13)24-15(3)20(22(26)27-4)21(25)19(24)12-16-7-5-6-8-18(16)23/h5-12H,1-4H3/b19-12+. The van der Waals surface area contributed by atoms with Crippen molar-refractivity contribution in [2.24, 2.45) is 0 Å². The molecule has 0 aliphatic carbocycles. The highest BCUT2D eigenvalue weighted by Crippen LogP contribution is 2.37. The molecule has 0 saturated heterocycles. The average molecular weight is 382 g/mol. The van der Waals surface area contributed by atoms with Crippen molar-refractivity contribution < 1.29 is 14.3 Å². The quantitative estimate of drug-likeness (QED) is 0.434. The zero-order valence-corrected chi connectivity index (χ0v) is 16.4. The van der Waals surface area contributed by atoms with Gasteiger partial charge in [-0.1, -0.05) is 35.9 Å². The second kappa shape index (κ2) is 7.41. The van der Waals surface area contributed by atoms with Gasteiger partial charge in [0.2, 0.25) is 5.78 Å². The van der Waals surface area contributed by atoms with Crippen LogP contribution in [0, 0.1) is 13.8 Å². The van der Waals surface area contributed by atoms with Gasteiger partial charge in [-0.05, 0) is 61.7 Å². The second-order valence-corrected chi connectivity index (χ2v) is 6.92. The molecule has 138 valence electrons. The van der Waals surface area contributed by atoms with E-state index in [-0.39, 0.29) is 11.4 Å². The Morgan fingerprint density at radius 3 is 2.30 bits per heavy atom. The van der Waals surface area contributed by atoms with Crippen molar-refractivity contribution in [2.45, 2.75) is 20.8 Å². The molecule has 0 fully saturated rings. The number of Topliss-reactive ketones (excluding diaryl/α,β-unsaturated/α-hetero) is 1. The average Bonchev–Trinajstić information content (AvgIpc) is 2.85. The second-order valence-electron chi connectivity index (χ2n) is 6.51. The van der Waals surface area contributed by atoms with Gasteiger partial charge >= 0.3 is 5.97 Å². The molecule has 0 saturated carbocycles. The monoisotopic (exact) mass is 381 g/mol. The number of benzene rings is 2. The van der Waals surface area contributed by atoms with E-state index in [1.165, 1.54) is 7.11 Å². The van der Waals surface area contributed by atoms with Crippen molar-refractivity contribution in [3.05, 3.63) is 81.1 Å². The van der Waals surface area contributed by atoms with E-state index in [0.717, 1.165) is 16.8 Å². The van der Waals surface area contributed by atoms with Gasteiger partial charge in [0.15, 0.2) is 0 Å². The lowest BCUT2D eigenvalue weighted by Gasteiger charge is -2.22. The fourth-order valence-corrected chi connectivity index (χ4v) is 3.50. The Morgan fingerprint density at radius 2 is 1.70 bits per heavy atom. The molecule has 0 amide bonds. The van der Waals surface area contributed by atoms with Crippen molar-refractivity contribution in [1.82, 2.24) is 0 Å². The van der Waals surface area contributed by atoms with Crippen LogP contribution in [0.3, 0.4) is 0 Å². The summed E-state index contributed by atoms with van der Waals surface area (Å²) < 4.78 is 4.83. The Labute approximate surface area is 163 Å². The minimum Gasteiger partial charge on any atom is -0.465 e. The molecule has 3 rings (SSSR count). The lowest BCUT2D eigenvalue weighted by atomic mass is 10.1. The van der Waals surface area contributed by atoms with E-state index in [9.17, 15) is 9.59 Å². The number of carbonyl (C=O) groups excluding carboxylic acids is 2. The van der Waals surface area contributed by atoms with E-state index in [1.54, 1.807) is 24.0 Å². The molecule has 27 heavy (non-hydrogen) atoms. The fraction of sp³-hybridized carbons (Fsp3) is 0.182. The number of aryl methyl sites for hydroxylation is 2. The summed E-state index contributed by atoms with van der Waals surface area (Å²) in [6, 6.07) is 13.3. The molecule has 0 N–H and O–H groups in total. The third-order valence-corrected chi connectivity index (χ3v) is 4.79. The highest BCUT2D eigenvalue weighted by molar-refractivity contribution is 6.33. The fourth-order valence-electron chi connectivity index (χ4n) is 3.31. The van der Waals surface area contributed by atoms with Gasteiger partial charge in [-0.2, -0.15) is 0 Å². The molecule has 0 unspecified atom stereocenters. The van der Waals surface area contributed by atoms with Crippen molar-refractivity contribution in [2.75, 3.05) is 12.0 Å². The largest absolute Gasteiger partial charge is 0.465 e. The maximum absolute atomic E-state index is 13.1. The van der Waals surface area contributed by atoms with Crippen molar-refractivity contribution in [3.63, 3.8) is 0 Å². The van der Waals surface area contributed by atoms with E-state index >= 15 is 0 Å².